The van der Waals surface area contributed by atoms with Gasteiger partial charge in [0.05, 0.1) is 5.69 Å². The van der Waals surface area contributed by atoms with E-state index in [1.807, 2.05) is 0 Å². The number of halogens is 1. The van der Waals surface area contributed by atoms with Gasteiger partial charge >= 0.3 is 0 Å². The average Bonchev–Trinajstić information content (AvgIpc) is 2.34. The van der Waals surface area contributed by atoms with Crippen LogP contribution in [0.15, 0.2) is 18.2 Å². The molecule has 0 radical (unpaired) electrons. The molecule has 2 rings (SSSR count). The van der Waals surface area contributed by atoms with Gasteiger partial charge in [0, 0.05) is 31.9 Å². The fraction of sp³-hybridized carbons (Fsp3) is 0.462. The van der Waals surface area contributed by atoms with Gasteiger partial charge in [-0.15, -0.1) is 0 Å². The smallest absolute Gasteiger partial charge is 0.221 e. The van der Waals surface area contributed by atoms with Gasteiger partial charge < -0.3 is 15.4 Å². The summed E-state index contributed by atoms with van der Waals surface area (Å²) in [6, 6.07) is 4.99. The zero-order valence-electron chi connectivity index (χ0n) is 10.3. The standard InChI is InChI=1S/C13H17FN2O2/c1-9(17)15-13-8-11(2-3-12(13)14)16-10-4-6-18-7-5-10/h2-3,8,10,16H,4-7H2,1H3,(H,15,17). The summed E-state index contributed by atoms with van der Waals surface area (Å²) in [5.74, 6) is -0.708. The quantitative estimate of drug-likeness (QED) is 0.868. The summed E-state index contributed by atoms with van der Waals surface area (Å²) in [5.41, 5.74) is 1.02. The molecule has 1 heterocycles. The highest BCUT2D eigenvalue weighted by Gasteiger charge is 2.14. The van der Waals surface area contributed by atoms with E-state index in [-0.39, 0.29) is 11.6 Å². The fourth-order valence-corrected chi connectivity index (χ4v) is 1.98. The average molecular weight is 252 g/mol. The van der Waals surface area contributed by atoms with E-state index in [2.05, 4.69) is 10.6 Å². The Labute approximate surface area is 106 Å². The van der Waals surface area contributed by atoms with E-state index in [1.54, 1.807) is 12.1 Å². The third kappa shape index (κ3) is 3.43. The van der Waals surface area contributed by atoms with E-state index in [1.165, 1.54) is 13.0 Å². The van der Waals surface area contributed by atoms with Crippen molar-refractivity contribution in [1.29, 1.82) is 0 Å². The second-order valence-corrected chi connectivity index (χ2v) is 4.41. The van der Waals surface area contributed by atoms with Crippen LogP contribution in [0.5, 0.6) is 0 Å². The minimum absolute atomic E-state index is 0.208. The van der Waals surface area contributed by atoms with Crippen molar-refractivity contribution >= 4 is 17.3 Å². The molecule has 0 aliphatic carbocycles. The second kappa shape index (κ2) is 5.82. The van der Waals surface area contributed by atoms with Crippen molar-refractivity contribution in [2.75, 3.05) is 23.8 Å². The van der Waals surface area contributed by atoms with Crippen LogP contribution in [0.25, 0.3) is 0 Å². The summed E-state index contributed by atoms with van der Waals surface area (Å²) >= 11 is 0. The Bertz CT molecular complexity index is 431. The summed E-state index contributed by atoms with van der Waals surface area (Å²) in [4.78, 5) is 11.0. The van der Waals surface area contributed by atoms with Crippen LogP contribution in [0.4, 0.5) is 15.8 Å². The molecule has 0 spiro atoms. The molecule has 1 aliphatic rings. The lowest BCUT2D eigenvalue weighted by atomic mass is 10.1. The van der Waals surface area contributed by atoms with Gasteiger partial charge in [-0.25, -0.2) is 4.39 Å². The summed E-state index contributed by atoms with van der Waals surface area (Å²) in [6.45, 7) is 2.85. The van der Waals surface area contributed by atoms with E-state index in [4.69, 9.17) is 4.74 Å². The molecule has 2 N–H and O–H groups in total. The molecule has 1 saturated heterocycles. The molecule has 1 aliphatic heterocycles. The molecule has 98 valence electrons. The lowest BCUT2D eigenvalue weighted by molar-refractivity contribution is -0.114. The Morgan fingerprint density at radius 1 is 1.39 bits per heavy atom. The number of carbonyl (C=O) groups excluding carboxylic acids is 1. The highest BCUT2D eigenvalue weighted by Crippen LogP contribution is 2.22. The third-order valence-electron chi connectivity index (χ3n) is 2.87. The summed E-state index contributed by atoms with van der Waals surface area (Å²) in [7, 11) is 0. The zero-order valence-corrected chi connectivity index (χ0v) is 10.3. The number of amides is 1. The van der Waals surface area contributed by atoms with Crippen LogP contribution < -0.4 is 10.6 Å². The minimum atomic E-state index is -0.428. The molecular weight excluding hydrogens is 235 g/mol. The van der Waals surface area contributed by atoms with Crippen molar-refractivity contribution in [3.63, 3.8) is 0 Å². The van der Waals surface area contributed by atoms with E-state index < -0.39 is 5.82 Å². The van der Waals surface area contributed by atoms with Crippen molar-refractivity contribution in [3.8, 4) is 0 Å². The van der Waals surface area contributed by atoms with Crippen LogP contribution in [0.2, 0.25) is 0 Å². The molecule has 4 nitrogen and oxygen atoms in total. The van der Waals surface area contributed by atoms with E-state index in [9.17, 15) is 9.18 Å². The Morgan fingerprint density at radius 2 is 2.11 bits per heavy atom. The summed E-state index contributed by atoms with van der Waals surface area (Å²) in [6.07, 6.45) is 1.87. The van der Waals surface area contributed by atoms with Gasteiger partial charge in [0.1, 0.15) is 5.82 Å². The lowest BCUT2D eigenvalue weighted by Crippen LogP contribution is -2.27. The van der Waals surface area contributed by atoms with Gasteiger partial charge in [0.15, 0.2) is 0 Å². The monoisotopic (exact) mass is 252 g/mol. The van der Waals surface area contributed by atoms with Gasteiger partial charge in [0.25, 0.3) is 0 Å². The number of nitrogens with one attached hydrogen (secondary N) is 2. The highest BCUT2D eigenvalue weighted by molar-refractivity contribution is 5.89. The first-order valence-corrected chi connectivity index (χ1v) is 6.06. The predicted molar refractivity (Wildman–Crippen MR) is 68.2 cm³/mol. The van der Waals surface area contributed by atoms with Crippen LogP contribution >= 0.6 is 0 Å². The van der Waals surface area contributed by atoms with Crippen molar-refractivity contribution < 1.29 is 13.9 Å². The second-order valence-electron chi connectivity index (χ2n) is 4.41. The number of ether oxygens (including phenoxy) is 1. The molecule has 1 amide bonds. The molecule has 0 bridgehead atoms. The molecule has 1 aromatic carbocycles. The van der Waals surface area contributed by atoms with E-state index in [0.717, 1.165) is 31.7 Å². The maximum Gasteiger partial charge on any atom is 0.221 e. The molecule has 0 aromatic heterocycles. The number of hydrogen-bond donors (Lipinski definition) is 2. The van der Waals surface area contributed by atoms with Crippen molar-refractivity contribution in [3.05, 3.63) is 24.0 Å². The van der Waals surface area contributed by atoms with Crippen molar-refractivity contribution in [2.45, 2.75) is 25.8 Å². The summed E-state index contributed by atoms with van der Waals surface area (Å²) in [5, 5.41) is 5.80. The molecule has 0 atom stereocenters. The maximum absolute atomic E-state index is 13.4. The lowest BCUT2D eigenvalue weighted by Gasteiger charge is -2.24. The number of rotatable bonds is 3. The first kappa shape index (κ1) is 12.8. The van der Waals surface area contributed by atoms with E-state index >= 15 is 0 Å². The Hall–Kier alpha value is -1.62. The third-order valence-corrected chi connectivity index (χ3v) is 2.87. The normalized spacial score (nSPS) is 16.3. The number of hydrogen-bond acceptors (Lipinski definition) is 3. The van der Waals surface area contributed by atoms with Crippen LogP contribution in [-0.4, -0.2) is 25.2 Å². The minimum Gasteiger partial charge on any atom is -0.382 e. The van der Waals surface area contributed by atoms with Gasteiger partial charge in [-0.2, -0.15) is 0 Å². The van der Waals surface area contributed by atoms with Crippen molar-refractivity contribution in [2.24, 2.45) is 0 Å². The van der Waals surface area contributed by atoms with Crippen LogP contribution in [0, 0.1) is 5.82 Å². The fourth-order valence-electron chi connectivity index (χ4n) is 1.98. The van der Waals surface area contributed by atoms with Crippen LogP contribution in [0.3, 0.4) is 0 Å². The van der Waals surface area contributed by atoms with Crippen LogP contribution in [-0.2, 0) is 9.53 Å². The first-order valence-electron chi connectivity index (χ1n) is 6.06. The Kier molecular flexibility index (Phi) is 4.15. The molecule has 1 aromatic rings. The topological polar surface area (TPSA) is 50.4 Å². The summed E-state index contributed by atoms with van der Waals surface area (Å²) < 4.78 is 18.7. The maximum atomic E-state index is 13.4. The largest absolute Gasteiger partial charge is 0.382 e. The van der Waals surface area contributed by atoms with Gasteiger partial charge in [-0.3, -0.25) is 4.79 Å². The SMILES string of the molecule is CC(=O)Nc1cc(NC2CCOCC2)ccc1F. The molecule has 0 saturated carbocycles. The molecule has 0 unspecified atom stereocenters. The Balaban J connectivity index is 2.05. The predicted octanol–water partition coefficient (Wildman–Crippen LogP) is 2.38. The van der Waals surface area contributed by atoms with Crippen molar-refractivity contribution in [1.82, 2.24) is 0 Å². The zero-order chi connectivity index (χ0) is 13.0. The molecular formula is C13H17FN2O2. The van der Waals surface area contributed by atoms with Crippen LogP contribution in [0.1, 0.15) is 19.8 Å². The molecule has 5 heteroatoms. The number of carbonyl (C=O) groups is 1. The highest BCUT2D eigenvalue weighted by atomic mass is 19.1. The van der Waals surface area contributed by atoms with E-state index in [0.29, 0.717) is 6.04 Å². The number of anilines is 2. The number of benzene rings is 1. The molecule has 18 heavy (non-hydrogen) atoms. The Morgan fingerprint density at radius 3 is 2.78 bits per heavy atom. The van der Waals surface area contributed by atoms with Gasteiger partial charge in [0.2, 0.25) is 5.91 Å². The van der Waals surface area contributed by atoms with Gasteiger partial charge in [-0.05, 0) is 31.0 Å². The molecule has 1 fully saturated rings. The van der Waals surface area contributed by atoms with Gasteiger partial charge in [-0.1, -0.05) is 0 Å². The first-order chi connectivity index (χ1) is 8.65.